The summed E-state index contributed by atoms with van der Waals surface area (Å²) in [5.74, 6) is 2.69. The van der Waals surface area contributed by atoms with Crippen molar-refractivity contribution in [3.63, 3.8) is 0 Å². The molecule has 0 saturated heterocycles. The van der Waals surface area contributed by atoms with E-state index in [1.165, 1.54) is 0 Å². The number of ether oxygens (including phenoxy) is 1. The van der Waals surface area contributed by atoms with Gasteiger partial charge in [0.15, 0.2) is 5.96 Å². The van der Waals surface area contributed by atoms with Crippen molar-refractivity contribution in [3.05, 3.63) is 47.5 Å². The molecule has 1 aromatic heterocycles. The molecule has 0 aliphatic rings. The maximum atomic E-state index is 5.89. The van der Waals surface area contributed by atoms with E-state index in [9.17, 15) is 0 Å². The lowest BCUT2D eigenvalue weighted by molar-refractivity contribution is 0.230. The second-order valence-electron chi connectivity index (χ2n) is 6.40. The Hall–Kier alpha value is -2.21. The molecule has 0 amide bonds. The van der Waals surface area contributed by atoms with Crippen LogP contribution >= 0.6 is 11.6 Å². The van der Waals surface area contributed by atoms with E-state index in [1.54, 1.807) is 0 Å². The molecule has 0 fully saturated rings. The fraction of sp³-hybridized carbons (Fsp3) is 0.500. The van der Waals surface area contributed by atoms with Gasteiger partial charge in [-0.25, -0.2) is 9.98 Å². The van der Waals surface area contributed by atoms with Gasteiger partial charge in [-0.05, 0) is 57.9 Å². The van der Waals surface area contributed by atoms with Crippen LogP contribution in [-0.4, -0.2) is 41.2 Å². The first kappa shape index (κ1) is 21.1. The minimum Gasteiger partial charge on any atom is -0.489 e. The monoisotopic (exact) mass is 391 g/mol. The van der Waals surface area contributed by atoms with Crippen LogP contribution in [0.4, 0.5) is 0 Å². The number of halogens is 1. The molecule has 27 heavy (non-hydrogen) atoms. The van der Waals surface area contributed by atoms with Gasteiger partial charge in [-0.2, -0.15) is 0 Å². The number of aliphatic imine (C=N–C) groups is 1. The van der Waals surface area contributed by atoms with Gasteiger partial charge in [-0.1, -0.05) is 11.6 Å². The van der Waals surface area contributed by atoms with Gasteiger partial charge in [-0.3, -0.25) is 0 Å². The fourth-order valence-electron chi connectivity index (χ4n) is 2.60. The van der Waals surface area contributed by atoms with Crippen LogP contribution in [0.5, 0.6) is 5.75 Å². The second kappa shape index (κ2) is 11.5. The van der Waals surface area contributed by atoms with Crippen LogP contribution in [0.15, 0.2) is 41.7 Å². The summed E-state index contributed by atoms with van der Waals surface area (Å²) in [5, 5.41) is 7.36. The van der Waals surface area contributed by atoms with Gasteiger partial charge >= 0.3 is 0 Å². The Balaban J connectivity index is 1.70. The smallest absolute Gasteiger partial charge is 0.191 e. The third-order valence-electron chi connectivity index (χ3n) is 4.04. The zero-order valence-electron chi connectivity index (χ0n) is 16.4. The largest absolute Gasteiger partial charge is 0.489 e. The number of hydrogen-bond donors (Lipinski definition) is 2. The van der Waals surface area contributed by atoms with E-state index in [1.807, 2.05) is 50.5 Å². The standard InChI is InChI=1S/C20H30ClN5O/c1-4-22-20(24-11-5-6-13-26-14-12-23-17(26)3)25-15-16(2)27-19-9-7-18(21)8-10-19/h7-10,12,14,16H,4-6,11,13,15H2,1-3H3,(H2,22,24,25). The van der Waals surface area contributed by atoms with E-state index >= 15 is 0 Å². The number of imidazole rings is 1. The number of benzene rings is 1. The minimum absolute atomic E-state index is 0.0224. The third kappa shape index (κ3) is 7.91. The van der Waals surface area contributed by atoms with E-state index in [-0.39, 0.29) is 6.10 Å². The molecule has 1 atom stereocenters. The van der Waals surface area contributed by atoms with E-state index in [2.05, 4.69) is 32.1 Å². The van der Waals surface area contributed by atoms with Gasteiger partial charge in [0.25, 0.3) is 0 Å². The Morgan fingerprint density at radius 1 is 1.26 bits per heavy atom. The first-order valence-electron chi connectivity index (χ1n) is 9.50. The molecule has 0 aliphatic carbocycles. The Labute approximate surface area is 167 Å². The van der Waals surface area contributed by atoms with Crippen LogP contribution in [0, 0.1) is 6.92 Å². The van der Waals surface area contributed by atoms with Crippen molar-refractivity contribution >= 4 is 17.6 Å². The van der Waals surface area contributed by atoms with Crippen molar-refractivity contribution in [2.75, 3.05) is 19.6 Å². The maximum Gasteiger partial charge on any atom is 0.191 e. The molecule has 6 nitrogen and oxygen atoms in total. The average Bonchev–Trinajstić information content (AvgIpc) is 3.06. The summed E-state index contributed by atoms with van der Waals surface area (Å²) in [6.45, 7) is 9.38. The summed E-state index contributed by atoms with van der Waals surface area (Å²) < 4.78 is 8.04. The topological polar surface area (TPSA) is 63.5 Å². The molecular weight excluding hydrogens is 362 g/mol. The van der Waals surface area contributed by atoms with Crippen molar-refractivity contribution in [3.8, 4) is 5.75 Å². The van der Waals surface area contributed by atoms with Crippen molar-refractivity contribution in [2.45, 2.75) is 46.3 Å². The number of rotatable bonds is 10. The van der Waals surface area contributed by atoms with Crippen LogP contribution in [0.2, 0.25) is 5.02 Å². The lowest BCUT2D eigenvalue weighted by atomic mass is 10.3. The van der Waals surface area contributed by atoms with Crippen LogP contribution in [-0.2, 0) is 6.54 Å². The van der Waals surface area contributed by atoms with Crippen molar-refractivity contribution in [1.82, 2.24) is 20.2 Å². The number of aromatic nitrogens is 2. The average molecular weight is 392 g/mol. The highest BCUT2D eigenvalue weighted by Crippen LogP contribution is 2.16. The molecule has 0 radical (unpaired) electrons. The summed E-state index contributed by atoms with van der Waals surface area (Å²) in [6, 6.07) is 7.38. The normalized spacial score (nSPS) is 12.7. The molecule has 0 saturated carbocycles. The first-order chi connectivity index (χ1) is 13.1. The molecule has 2 rings (SSSR count). The van der Waals surface area contributed by atoms with Crippen LogP contribution in [0.3, 0.4) is 0 Å². The number of aryl methyl sites for hydroxylation is 2. The number of nitrogens with one attached hydrogen (secondary N) is 2. The minimum atomic E-state index is -0.0224. The van der Waals surface area contributed by atoms with E-state index in [0.29, 0.717) is 11.6 Å². The van der Waals surface area contributed by atoms with Gasteiger partial charge in [0, 0.05) is 37.1 Å². The molecule has 7 heteroatoms. The zero-order chi connectivity index (χ0) is 19.5. The summed E-state index contributed by atoms with van der Waals surface area (Å²) in [5.41, 5.74) is 0. The van der Waals surface area contributed by atoms with Gasteiger partial charge in [0.2, 0.25) is 0 Å². The lowest BCUT2D eigenvalue weighted by Crippen LogP contribution is -2.38. The SMILES string of the molecule is CCNC(=NCC(C)Oc1ccc(Cl)cc1)NCCCCn1ccnc1C. The quantitative estimate of drug-likeness (QED) is 0.368. The van der Waals surface area contributed by atoms with Gasteiger partial charge in [-0.15, -0.1) is 0 Å². The molecule has 2 N–H and O–H groups in total. The maximum absolute atomic E-state index is 5.89. The van der Waals surface area contributed by atoms with E-state index in [0.717, 1.165) is 50.0 Å². The molecule has 2 aromatic rings. The van der Waals surface area contributed by atoms with Crippen molar-refractivity contribution in [2.24, 2.45) is 4.99 Å². The molecule has 0 aliphatic heterocycles. The van der Waals surface area contributed by atoms with Crippen LogP contribution < -0.4 is 15.4 Å². The Kier molecular flexibility index (Phi) is 8.98. The molecule has 0 spiro atoms. The van der Waals surface area contributed by atoms with Gasteiger partial charge in [0.05, 0.1) is 6.54 Å². The number of unbranched alkanes of at least 4 members (excludes halogenated alkanes) is 1. The third-order valence-corrected chi connectivity index (χ3v) is 4.30. The Morgan fingerprint density at radius 3 is 2.70 bits per heavy atom. The van der Waals surface area contributed by atoms with Crippen molar-refractivity contribution < 1.29 is 4.74 Å². The van der Waals surface area contributed by atoms with Crippen LogP contribution in [0.1, 0.15) is 32.5 Å². The predicted molar refractivity (Wildman–Crippen MR) is 112 cm³/mol. The Bertz CT molecular complexity index is 699. The van der Waals surface area contributed by atoms with E-state index < -0.39 is 0 Å². The van der Waals surface area contributed by atoms with Gasteiger partial charge in [0.1, 0.15) is 17.7 Å². The molecular formula is C20H30ClN5O. The summed E-state index contributed by atoms with van der Waals surface area (Å²) in [4.78, 5) is 8.86. The summed E-state index contributed by atoms with van der Waals surface area (Å²) >= 11 is 5.89. The number of nitrogens with zero attached hydrogens (tertiary/aromatic N) is 3. The fourth-order valence-corrected chi connectivity index (χ4v) is 2.72. The highest BCUT2D eigenvalue weighted by molar-refractivity contribution is 6.30. The molecule has 1 unspecified atom stereocenters. The highest BCUT2D eigenvalue weighted by Gasteiger charge is 2.05. The molecule has 1 heterocycles. The van der Waals surface area contributed by atoms with E-state index in [4.69, 9.17) is 16.3 Å². The highest BCUT2D eigenvalue weighted by atomic mass is 35.5. The predicted octanol–water partition coefficient (Wildman–Crippen LogP) is 3.65. The zero-order valence-corrected chi connectivity index (χ0v) is 17.2. The molecule has 148 valence electrons. The summed E-state index contributed by atoms with van der Waals surface area (Å²) in [7, 11) is 0. The molecule has 0 bridgehead atoms. The second-order valence-corrected chi connectivity index (χ2v) is 6.84. The first-order valence-corrected chi connectivity index (χ1v) is 9.88. The van der Waals surface area contributed by atoms with Crippen LogP contribution in [0.25, 0.3) is 0 Å². The Morgan fingerprint density at radius 2 is 2.04 bits per heavy atom. The summed E-state index contributed by atoms with van der Waals surface area (Å²) in [6.07, 6.45) is 6.01. The molecule has 1 aromatic carbocycles. The number of hydrogen-bond acceptors (Lipinski definition) is 3. The van der Waals surface area contributed by atoms with Gasteiger partial charge < -0.3 is 19.9 Å². The number of guanidine groups is 1. The lowest BCUT2D eigenvalue weighted by Gasteiger charge is -2.15. The van der Waals surface area contributed by atoms with Crippen molar-refractivity contribution in [1.29, 1.82) is 0 Å².